The van der Waals surface area contributed by atoms with Crippen LogP contribution in [0, 0.1) is 0 Å². The molecule has 3 aromatic rings. The average Bonchev–Trinajstić information content (AvgIpc) is 3.31. The Morgan fingerprint density at radius 3 is 2.97 bits per heavy atom. The van der Waals surface area contributed by atoms with E-state index in [-0.39, 0.29) is 23.6 Å². The number of carbonyl (C=O) groups excluding carboxylic acids is 2. The summed E-state index contributed by atoms with van der Waals surface area (Å²) in [6.07, 6.45) is 0. The first kappa shape index (κ1) is 20.2. The van der Waals surface area contributed by atoms with E-state index < -0.39 is 5.91 Å². The molecule has 0 spiro atoms. The number of thioether (sulfide) groups is 1. The van der Waals surface area contributed by atoms with Crippen molar-refractivity contribution in [2.45, 2.75) is 18.1 Å². The average molecular weight is 428 g/mol. The maximum atomic E-state index is 12.8. The van der Waals surface area contributed by atoms with Gasteiger partial charge in [-0.05, 0) is 12.1 Å². The molecule has 0 unspecified atom stereocenters. The molecule has 10 heteroatoms. The molecule has 156 valence electrons. The van der Waals surface area contributed by atoms with E-state index >= 15 is 0 Å². The number of ether oxygens (including phenoxy) is 1. The van der Waals surface area contributed by atoms with Crippen LogP contribution >= 0.6 is 11.8 Å². The first-order chi connectivity index (χ1) is 14.6. The number of para-hydroxylation sites is 1. The summed E-state index contributed by atoms with van der Waals surface area (Å²) in [5, 5.41) is 10.4. The largest absolute Gasteiger partial charge is 0.451 e. The van der Waals surface area contributed by atoms with Crippen LogP contribution < -0.4 is 16.1 Å². The highest BCUT2D eigenvalue weighted by Gasteiger charge is 2.26. The van der Waals surface area contributed by atoms with E-state index in [1.54, 1.807) is 43.1 Å². The van der Waals surface area contributed by atoms with E-state index in [9.17, 15) is 14.4 Å². The van der Waals surface area contributed by atoms with Crippen molar-refractivity contribution in [3.63, 3.8) is 0 Å². The van der Waals surface area contributed by atoms with Gasteiger partial charge in [-0.1, -0.05) is 12.1 Å². The summed E-state index contributed by atoms with van der Waals surface area (Å²) in [5.74, 6) is 0.916. The number of methoxy groups -OCH3 is 1. The Bertz CT molecular complexity index is 1170. The molecule has 2 N–H and O–H groups in total. The molecule has 0 radical (unpaired) electrons. The molecule has 1 aromatic carbocycles. The molecule has 1 aliphatic rings. The zero-order chi connectivity index (χ0) is 21.1. The fraction of sp³-hybridized carbons (Fsp3) is 0.300. The number of aromatic nitrogens is 2. The molecule has 3 heterocycles. The zero-order valence-corrected chi connectivity index (χ0v) is 17.1. The SMILES string of the molecule is COCCNC(=O)Cn1nc2c(c1NC(=O)c1cc(=O)c3ccccc3o1)CSC2. The van der Waals surface area contributed by atoms with Gasteiger partial charge in [-0.15, -0.1) is 0 Å². The third-order valence-electron chi connectivity index (χ3n) is 4.63. The molecule has 0 bridgehead atoms. The molecular formula is C20H20N4O5S. The summed E-state index contributed by atoms with van der Waals surface area (Å²) in [5.41, 5.74) is 1.75. The number of nitrogens with one attached hydrogen (secondary N) is 2. The summed E-state index contributed by atoms with van der Waals surface area (Å²) in [6, 6.07) is 7.91. The van der Waals surface area contributed by atoms with Gasteiger partial charge in [0, 0.05) is 36.8 Å². The van der Waals surface area contributed by atoms with Gasteiger partial charge in [0.25, 0.3) is 5.91 Å². The Balaban J connectivity index is 1.59. The van der Waals surface area contributed by atoms with E-state index in [1.807, 2.05) is 0 Å². The third-order valence-corrected chi connectivity index (χ3v) is 5.60. The van der Waals surface area contributed by atoms with Crippen molar-refractivity contribution in [2.24, 2.45) is 0 Å². The molecule has 2 amide bonds. The smallest absolute Gasteiger partial charge is 0.292 e. The fourth-order valence-electron chi connectivity index (χ4n) is 3.19. The molecule has 0 atom stereocenters. The van der Waals surface area contributed by atoms with Crippen LogP contribution in [0.2, 0.25) is 0 Å². The molecule has 0 fully saturated rings. The van der Waals surface area contributed by atoms with Crippen molar-refractivity contribution in [1.82, 2.24) is 15.1 Å². The van der Waals surface area contributed by atoms with Gasteiger partial charge < -0.3 is 19.8 Å². The Morgan fingerprint density at radius 2 is 2.13 bits per heavy atom. The van der Waals surface area contributed by atoms with Crippen molar-refractivity contribution in [2.75, 3.05) is 25.6 Å². The number of hydrogen-bond acceptors (Lipinski definition) is 7. The molecule has 0 saturated carbocycles. The standard InChI is InChI=1S/C20H20N4O5S/c1-28-7-6-21-18(26)9-24-19(13-10-30-11-14(13)23-24)22-20(27)17-8-15(25)12-4-2-3-5-16(12)29-17/h2-5,8H,6-7,9-11H2,1H3,(H,21,26)(H,22,27). The van der Waals surface area contributed by atoms with E-state index in [2.05, 4.69) is 15.7 Å². The zero-order valence-electron chi connectivity index (χ0n) is 16.3. The Morgan fingerprint density at radius 1 is 1.30 bits per heavy atom. The van der Waals surface area contributed by atoms with Gasteiger partial charge in [0.1, 0.15) is 17.9 Å². The highest BCUT2D eigenvalue weighted by molar-refractivity contribution is 7.98. The highest BCUT2D eigenvalue weighted by Crippen LogP contribution is 2.34. The minimum atomic E-state index is -0.571. The normalized spacial score (nSPS) is 12.7. The van der Waals surface area contributed by atoms with Gasteiger partial charge >= 0.3 is 0 Å². The second-order valence-electron chi connectivity index (χ2n) is 6.69. The van der Waals surface area contributed by atoms with E-state index in [4.69, 9.17) is 9.15 Å². The summed E-state index contributed by atoms with van der Waals surface area (Å²) in [4.78, 5) is 37.4. The molecule has 0 saturated heterocycles. The number of benzene rings is 1. The van der Waals surface area contributed by atoms with E-state index in [1.165, 1.54) is 10.7 Å². The molecule has 30 heavy (non-hydrogen) atoms. The number of fused-ring (bicyclic) bond motifs is 2. The lowest BCUT2D eigenvalue weighted by Crippen LogP contribution is -2.31. The van der Waals surface area contributed by atoms with Crippen LogP contribution in [-0.4, -0.2) is 41.9 Å². The highest BCUT2D eigenvalue weighted by atomic mass is 32.2. The first-order valence-electron chi connectivity index (χ1n) is 9.33. The van der Waals surface area contributed by atoms with Gasteiger partial charge in [0.15, 0.2) is 11.2 Å². The molecule has 2 aromatic heterocycles. The number of amides is 2. The number of hydrogen-bond donors (Lipinski definition) is 2. The van der Waals surface area contributed by atoms with Crippen LogP contribution in [0.1, 0.15) is 21.8 Å². The van der Waals surface area contributed by atoms with E-state index in [0.717, 1.165) is 11.3 Å². The maximum Gasteiger partial charge on any atom is 0.292 e. The predicted octanol–water partition coefficient (Wildman–Crippen LogP) is 1.75. The Hall–Kier alpha value is -3.11. The summed E-state index contributed by atoms with van der Waals surface area (Å²) < 4.78 is 12.0. The molecule has 0 aliphatic carbocycles. The lowest BCUT2D eigenvalue weighted by molar-refractivity contribution is -0.122. The minimum Gasteiger partial charge on any atom is -0.451 e. The molecular weight excluding hydrogens is 408 g/mol. The number of carbonyl (C=O) groups is 2. The lowest BCUT2D eigenvalue weighted by atomic mass is 10.2. The summed E-state index contributed by atoms with van der Waals surface area (Å²) >= 11 is 1.68. The third kappa shape index (κ3) is 4.10. The van der Waals surface area contributed by atoms with Gasteiger partial charge in [0.2, 0.25) is 5.91 Å². The van der Waals surface area contributed by atoms with Gasteiger partial charge in [-0.25, -0.2) is 4.68 Å². The van der Waals surface area contributed by atoms with Gasteiger partial charge in [-0.3, -0.25) is 14.4 Å². The summed E-state index contributed by atoms with van der Waals surface area (Å²) in [7, 11) is 1.56. The van der Waals surface area contributed by atoms with Crippen LogP contribution in [-0.2, 0) is 27.6 Å². The van der Waals surface area contributed by atoms with Crippen LogP contribution in [0.3, 0.4) is 0 Å². The molecule has 1 aliphatic heterocycles. The van der Waals surface area contributed by atoms with Gasteiger partial charge in [-0.2, -0.15) is 16.9 Å². The summed E-state index contributed by atoms with van der Waals surface area (Å²) in [6.45, 7) is 0.747. The van der Waals surface area contributed by atoms with Crippen LogP contribution in [0.5, 0.6) is 0 Å². The first-order valence-corrected chi connectivity index (χ1v) is 10.5. The van der Waals surface area contributed by atoms with Crippen molar-refractivity contribution in [1.29, 1.82) is 0 Å². The van der Waals surface area contributed by atoms with Crippen molar-refractivity contribution in [3.05, 3.63) is 57.6 Å². The molecule has 4 rings (SSSR count). The monoisotopic (exact) mass is 428 g/mol. The number of anilines is 1. The van der Waals surface area contributed by atoms with Crippen molar-refractivity contribution in [3.8, 4) is 0 Å². The number of nitrogens with zero attached hydrogens (tertiary/aromatic N) is 2. The van der Waals surface area contributed by atoms with Crippen LogP contribution in [0.15, 0.2) is 39.5 Å². The topological polar surface area (TPSA) is 115 Å². The predicted molar refractivity (Wildman–Crippen MR) is 113 cm³/mol. The van der Waals surface area contributed by atoms with Crippen LogP contribution in [0.4, 0.5) is 5.82 Å². The minimum absolute atomic E-state index is 0.0430. The second-order valence-corrected chi connectivity index (χ2v) is 7.68. The Labute approximate surface area is 175 Å². The quantitative estimate of drug-likeness (QED) is 0.551. The van der Waals surface area contributed by atoms with Gasteiger partial charge in [0.05, 0.1) is 17.7 Å². The number of rotatable bonds is 7. The van der Waals surface area contributed by atoms with Crippen molar-refractivity contribution < 1.29 is 18.7 Å². The maximum absolute atomic E-state index is 12.8. The van der Waals surface area contributed by atoms with E-state index in [0.29, 0.717) is 41.4 Å². The Kier molecular flexibility index (Phi) is 5.86. The second kappa shape index (κ2) is 8.72. The van der Waals surface area contributed by atoms with Crippen LogP contribution in [0.25, 0.3) is 11.0 Å². The lowest BCUT2D eigenvalue weighted by Gasteiger charge is -2.11. The fourth-order valence-corrected chi connectivity index (χ4v) is 4.22. The van der Waals surface area contributed by atoms with Crippen molar-refractivity contribution >= 4 is 40.4 Å². The molecule has 9 nitrogen and oxygen atoms in total.